The first-order valence-corrected chi connectivity index (χ1v) is 7.23. The molecule has 2 saturated heterocycles. The topological polar surface area (TPSA) is 52.0 Å². The van der Waals surface area contributed by atoms with Crippen LogP contribution in [0.25, 0.3) is 0 Å². The molecule has 1 aromatic rings. The molecule has 4 nitrogen and oxygen atoms in total. The number of rotatable bonds is 2. The fourth-order valence-electron chi connectivity index (χ4n) is 3.23. The molecule has 0 aromatic carbocycles. The molecular weight excluding hydrogens is 260 g/mol. The van der Waals surface area contributed by atoms with Crippen LogP contribution in [-0.4, -0.2) is 30.2 Å². The van der Waals surface area contributed by atoms with E-state index in [0.29, 0.717) is 22.7 Å². The highest BCUT2D eigenvalue weighted by Gasteiger charge is 2.35. The van der Waals surface area contributed by atoms with Gasteiger partial charge in [-0.1, -0.05) is 11.6 Å². The van der Waals surface area contributed by atoms with E-state index >= 15 is 0 Å². The Bertz CT molecular complexity index is 505. The van der Waals surface area contributed by atoms with Crippen LogP contribution in [0.15, 0.2) is 12.3 Å². The Kier molecular flexibility index (Phi) is 3.58. The van der Waals surface area contributed by atoms with Crippen molar-refractivity contribution >= 4 is 17.4 Å². The molecule has 2 unspecified atom stereocenters. The molecule has 2 aliphatic rings. The lowest BCUT2D eigenvalue weighted by atomic mass is 10.0. The van der Waals surface area contributed by atoms with Crippen LogP contribution in [0, 0.1) is 11.3 Å². The highest BCUT2D eigenvalue weighted by Crippen LogP contribution is 2.34. The van der Waals surface area contributed by atoms with Crippen molar-refractivity contribution in [1.82, 2.24) is 10.3 Å². The van der Waals surface area contributed by atoms with Gasteiger partial charge in [-0.15, -0.1) is 0 Å². The number of halogens is 1. The molecule has 19 heavy (non-hydrogen) atoms. The van der Waals surface area contributed by atoms with Gasteiger partial charge in [0, 0.05) is 24.8 Å². The Morgan fingerprint density at radius 1 is 1.42 bits per heavy atom. The van der Waals surface area contributed by atoms with Crippen molar-refractivity contribution in [3.05, 3.63) is 22.8 Å². The van der Waals surface area contributed by atoms with Crippen LogP contribution < -0.4 is 10.2 Å². The Morgan fingerprint density at radius 3 is 3.05 bits per heavy atom. The van der Waals surface area contributed by atoms with Gasteiger partial charge in [0.25, 0.3) is 0 Å². The molecule has 1 N–H and O–H groups in total. The molecule has 3 rings (SSSR count). The van der Waals surface area contributed by atoms with Crippen LogP contribution in [0.2, 0.25) is 5.02 Å². The number of hydrogen-bond donors (Lipinski definition) is 1. The van der Waals surface area contributed by atoms with Crippen molar-refractivity contribution in [1.29, 1.82) is 5.26 Å². The van der Waals surface area contributed by atoms with Crippen molar-refractivity contribution in [3.63, 3.8) is 0 Å². The maximum absolute atomic E-state index is 9.07. The first-order chi connectivity index (χ1) is 9.31. The number of nitriles is 1. The SMILES string of the molecule is N#Cc1ccnc(N2CCCC2C2CCCN2)c1Cl. The average Bonchev–Trinajstić information content (AvgIpc) is 3.09. The average molecular weight is 277 g/mol. The van der Waals surface area contributed by atoms with Crippen molar-refractivity contribution in [2.24, 2.45) is 0 Å². The van der Waals surface area contributed by atoms with Crippen LogP contribution >= 0.6 is 11.6 Å². The molecule has 0 aliphatic carbocycles. The van der Waals surface area contributed by atoms with Crippen LogP contribution in [0.4, 0.5) is 5.82 Å². The van der Waals surface area contributed by atoms with E-state index in [-0.39, 0.29) is 0 Å². The van der Waals surface area contributed by atoms with Crippen LogP contribution in [0.5, 0.6) is 0 Å². The van der Waals surface area contributed by atoms with Gasteiger partial charge in [-0.3, -0.25) is 0 Å². The summed E-state index contributed by atoms with van der Waals surface area (Å²) in [6.45, 7) is 2.08. The van der Waals surface area contributed by atoms with Crippen molar-refractivity contribution in [2.45, 2.75) is 37.8 Å². The predicted molar refractivity (Wildman–Crippen MR) is 75.4 cm³/mol. The third-order valence-electron chi connectivity index (χ3n) is 4.13. The Hall–Kier alpha value is -1.31. The largest absolute Gasteiger partial charge is 0.351 e. The van der Waals surface area contributed by atoms with Gasteiger partial charge >= 0.3 is 0 Å². The van der Waals surface area contributed by atoms with E-state index in [1.807, 2.05) is 0 Å². The first-order valence-electron chi connectivity index (χ1n) is 6.86. The molecule has 100 valence electrons. The summed E-state index contributed by atoms with van der Waals surface area (Å²) in [7, 11) is 0. The minimum Gasteiger partial charge on any atom is -0.351 e. The summed E-state index contributed by atoms with van der Waals surface area (Å²) >= 11 is 6.31. The van der Waals surface area contributed by atoms with Gasteiger partial charge in [0.2, 0.25) is 0 Å². The first kappa shape index (κ1) is 12.7. The second kappa shape index (κ2) is 5.36. The molecular formula is C14H17ClN4. The highest BCUT2D eigenvalue weighted by molar-refractivity contribution is 6.34. The number of nitrogens with one attached hydrogen (secondary N) is 1. The van der Waals surface area contributed by atoms with Crippen LogP contribution in [0.1, 0.15) is 31.2 Å². The normalized spacial score (nSPS) is 26.6. The van der Waals surface area contributed by atoms with Crippen molar-refractivity contribution in [3.8, 4) is 6.07 Å². The Labute approximate surface area is 118 Å². The van der Waals surface area contributed by atoms with E-state index in [1.54, 1.807) is 12.3 Å². The molecule has 0 bridgehead atoms. The molecule has 0 spiro atoms. The third kappa shape index (κ3) is 2.29. The quantitative estimate of drug-likeness (QED) is 0.901. The smallest absolute Gasteiger partial charge is 0.149 e. The van der Waals surface area contributed by atoms with E-state index in [4.69, 9.17) is 16.9 Å². The number of anilines is 1. The van der Waals surface area contributed by atoms with E-state index in [9.17, 15) is 0 Å². The highest BCUT2D eigenvalue weighted by atomic mass is 35.5. The maximum Gasteiger partial charge on any atom is 0.149 e. The fourth-order valence-corrected chi connectivity index (χ4v) is 3.50. The molecule has 3 heterocycles. The Morgan fingerprint density at radius 2 is 2.32 bits per heavy atom. The lowest BCUT2D eigenvalue weighted by Crippen LogP contribution is -2.44. The van der Waals surface area contributed by atoms with Gasteiger partial charge in [-0.05, 0) is 38.3 Å². The molecule has 0 radical (unpaired) electrons. The maximum atomic E-state index is 9.07. The lowest BCUT2D eigenvalue weighted by Gasteiger charge is -2.31. The second-order valence-electron chi connectivity index (χ2n) is 5.21. The zero-order valence-electron chi connectivity index (χ0n) is 10.8. The molecule has 5 heteroatoms. The number of aromatic nitrogens is 1. The van der Waals surface area contributed by atoms with E-state index in [2.05, 4.69) is 21.3 Å². The second-order valence-corrected chi connectivity index (χ2v) is 5.59. The summed E-state index contributed by atoms with van der Waals surface area (Å²) in [6, 6.07) is 4.79. The molecule has 0 saturated carbocycles. The van der Waals surface area contributed by atoms with Gasteiger partial charge in [0.1, 0.15) is 16.9 Å². The lowest BCUT2D eigenvalue weighted by molar-refractivity contribution is 0.481. The van der Waals surface area contributed by atoms with Gasteiger partial charge in [0.15, 0.2) is 0 Å². The number of nitrogens with zero attached hydrogens (tertiary/aromatic N) is 3. The molecule has 1 aromatic heterocycles. The monoisotopic (exact) mass is 276 g/mol. The summed E-state index contributed by atoms with van der Waals surface area (Å²) in [6.07, 6.45) is 6.48. The standard InChI is InChI=1S/C14H17ClN4/c15-13-10(9-16)5-7-18-14(13)19-8-2-4-12(19)11-3-1-6-17-11/h5,7,11-12,17H,1-4,6,8H2. The van der Waals surface area contributed by atoms with Crippen molar-refractivity contribution in [2.75, 3.05) is 18.0 Å². The minimum atomic E-state index is 0.460. The molecule has 2 atom stereocenters. The van der Waals surface area contributed by atoms with Gasteiger partial charge in [0.05, 0.1) is 5.56 Å². The van der Waals surface area contributed by atoms with Gasteiger partial charge < -0.3 is 10.2 Å². The molecule has 2 aliphatic heterocycles. The number of hydrogen-bond acceptors (Lipinski definition) is 4. The zero-order chi connectivity index (χ0) is 13.2. The van der Waals surface area contributed by atoms with Crippen LogP contribution in [-0.2, 0) is 0 Å². The number of pyridine rings is 1. The zero-order valence-corrected chi connectivity index (χ0v) is 11.5. The van der Waals surface area contributed by atoms with Crippen LogP contribution in [0.3, 0.4) is 0 Å². The molecule has 0 amide bonds. The molecule has 2 fully saturated rings. The van der Waals surface area contributed by atoms with E-state index in [1.165, 1.54) is 19.3 Å². The predicted octanol–water partition coefficient (Wildman–Crippen LogP) is 2.33. The van der Waals surface area contributed by atoms with E-state index < -0.39 is 0 Å². The summed E-state index contributed by atoms with van der Waals surface area (Å²) in [5, 5.41) is 13.1. The van der Waals surface area contributed by atoms with E-state index in [0.717, 1.165) is 25.3 Å². The summed E-state index contributed by atoms with van der Waals surface area (Å²) in [4.78, 5) is 6.69. The minimum absolute atomic E-state index is 0.460. The van der Waals surface area contributed by atoms with Gasteiger partial charge in [-0.25, -0.2) is 4.98 Å². The van der Waals surface area contributed by atoms with Crippen molar-refractivity contribution < 1.29 is 0 Å². The third-order valence-corrected chi connectivity index (χ3v) is 4.50. The summed E-state index contributed by atoms with van der Waals surface area (Å²) in [5.41, 5.74) is 0.511. The summed E-state index contributed by atoms with van der Waals surface area (Å²) in [5.74, 6) is 0.775. The van der Waals surface area contributed by atoms with Gasteiger partial charge in [-0.2, -0.15) is 5.26 Å². The Balaban J connectivity index is 1.90. The fraction of sp³-hybridized carbons (Fsp3) is 0.571. The summed E-state index contributed by atoms with van der Waals surface area (Å²) < 4.78 is 0.